The molecule has 8 nitrogen and oxygen atoms in total. The van der Waals surface area contributed by atoms with Gasteiger partial charge in [0, 0.05) is 21.1 Å². The van der Waals surface area contributed by atoms with Crippen molar-refractivity contribution in [2.24, 2.45) is 0 Å². The molecule has 0 saturated carbocycles. The first-order valence-corrected chi connectivity index (χ1v) is 8.08. The maximum atomic E-state index is 11.7. The second-order valence-electron chi connectivity index (χ2n) is 7.00. The summed E-state index contributed by atoms with van der Waals surface area (Å²) < 4.78 is 34.4. The van der Waals surface area contributed by atoms with Crippen molar-refractivity contribution in [1.29, 1.82) is 0 Å². The fourth-order valence-electron chi connectivity index (χ4n) is 3.19. The molecule has 1 amide bonds. The molecule has 140 valence electrons. The maximum absolute atomic E-state index is 11.7. The molecule has 2 rings (SSSR count). The van der Waals surface area contributed by atoms with Crippen molar-refractivity contribution in [2.75, 3.05) is 20.8 Å². The molecule has 0 bridgehead atoms. The summed E-state index contributed by atoms with van der Waals surface area (Å²) in [4.78, 5) is 11.7. The van der Waals surface area contributed by atoms with Crippen molar-refractivity contribution in [3.05, 3.63) is 0 Å². The first-order valence-electron chi connectivity index (χ1n) is 8.08. The van der Waals surface area contributed by atoms with E-state index in [9.17, 15) is 4.79 Å². The fraction of sp³-hybridized carbons (Fsp3) is 0.938. The van der Waals surface area contributed by atoms with Gasteiger partial charge in [-0.3, -0.25) is 4.79 Å². The van der Waals surface area contributed by atoms with Crippen LogP contribution in [0.4, 0.5) is 0 Å². The molecule has 24 heavy (non-hydrogen) atoms. The van der Waals surface area contributed by atoms with E-state index in [-0.39, 0.29) is 12.0 Å². The van der Waals surface area contributed by atoms with Crippen molar-refractivity contribution in [2.45, 2.75) is 76.8 Å². The Labute approximate surface area is 143 Å². The van der Waals surface area contributed by atoms with Gasteiger partial charge < -0.3 is 33.7 Å². The molecule has 2 heterocycles. The molecule has 0 aliphatic carbocycles. The van der Waals surface area contributed by atoms with Crippen molar-refractivity contribution in [1.82, 2.24) is 5.32 Å². The zero-order valence-corrected chi connectivity index (χ0v) is 15.5. The topological polar surface area (TPSA) is 84.5 Å². The summed E-state index contributed by atoms with van der Waals surface area (Å²) in [7, 11) is 3.02. The van der Waals surface area contributed by atoms with Crippen LogP contribution < -0.4 is 5.32 Å². The van der Waals surface area contributed by atoms with E-state index in [1.165, 1.54) is 21.1 Å². The lowest BCUT2D eigenvalue weighted by Gasteiger charge is -2.33. The summed E-state index contributed by atoms with van der Waals surface area (Å²) in [5.41, 5.74) is 0. The highest BCUT2D eigenvalue weighted by atomic mass is 16.8. The first-order chi connectivity index (χ1) is 11.1. The van der Waals surface area contributed by atoms with Crippen LogP contribution in [-0.4, -0.2) is 69.0 Å². The summed E-state index contributed by atoms with van der Waals surface area (Å²) in [5.74, 6) is -1.72. The molecule has 8 heteroatoms. The van der Waals surface area contributed by atoms with Gasteiger partial charge in [-0.05, 0) is 27.7 Å². The van der Waals surface area contributed by atoms with Gasteiger partial charge in [0.25, 0.3) is 0 Å². The third kappa shape index (κ3) is 4.44. The van der Waals surface area contributed by atoms with Crippen LogP contribution in [0.25, 0.3) is 0 Å². The van der Waals surface area contributed by atoms with Crippen molar-refractivity contribution >= 4 is 5.91 Å². The summed E-state index contributed by atoms with van der Waals surface area (Å²) in [6, 6.07) is -0.559. The van der Waals surface area contributed by atoms with E-state index < -0.39 is 36.1 Å². The Kier molecular flexibility index (Phi) is 5.89. The van der Waals surface area contributed by atoms with Gasteiger partial charge in [-0.1, -0.05) is 0 Å². The van der Waals surface area contributed by atoms with Crippen molar-refractivity contribution in [3.8, 4) is 0 Å². The summed E-state index contributed by atoms with van der Waals surface area (Å²) in [6.07, 6.45) is -1.96. The average molecular weight is 347 g/mol. The number of amides is 1. The van der Waals surface area contributed by atoms with Gasteiger partial charge in [-0.2, -0.15) is 0 Å². The van der Waals surface area contributed by atoms with Gasteiger partial charge in [0.05, 0.1) is 6.61 Å². The van der Waals surface area contributed by atoms with E-state index in [0.29, 0.717) is 6.61 Å². The standard InChI is InChI=1S/C16H29NO7/c1-9(18)17-11(14(19-6)20-7)13-12(23-16(4,5)24-13)10-8-21-15(2,3)22-10/h10-14H,8H2,1-7H3,(H,17,18)/t10-,11-,12-,13-/m1/s1. The second-order valence-corrected chi connectivity index (χ2v) is 7.00. The SMILES string of the molecule is COC(OC)[C@H](NC(C)=O)[C@H]1OC(C)(C)O[C@@H]1[C@H]1COC(C)(C)O1. The normalized spacial score (nSPS) is 32.9. The van der Waals surface area contributed by atoms with Crippen LogP contribution in [0.15, 0.2) is 0 Å². The van der Waals surface area contributed by atoms with E-state index in [2.05, 4.69) is 5.32 Å². The highest BCUT2D eigenvalue weighted by Crippen LogP contribution is 2.37. The van der Waals surface area contributed by atoms with E-state index in [0.717, 1.165) is 0 Å². The lowest BCUT2D eigenvalue weighted by atomic mass is 10.0. The summed E-state index contributed by atoms with van der Waals surface area (Å²) in [6.45, 7) is 9.15. The highest BCUT2D eigenvalue weighted by Gasteiger charge is 2.53. The van der Waals surface area contributed by atoms with E-state index in [1.54, 1.807) is 0 Å². The van der Waals surface area contributed by atoms with Gasteiger partial charge in [0.15, 0.2) is 17.9 Å². The lowest BCUT2D eigenvalue weighted by Crippen LogP contribution is -2.57. The average Bonchev–Trinajstić information content (AvgIpc) is 2.97. The zero-order chi connectivity index (χ0) is 18.1. The maximum Gasteiger partial charge on any atom is 0.217 e. The molecule has 0 spiro atoms. The smallest absolute Gasteiger partial charge is 0.217 e. The zero-order valence-electron chi connectivity index (χ0n) is 15.5. The minimum absolute atomic E-state index is 0.213. The lowest BCUT2D eigenvalue weighted by molar-refractivity contribution is -0.178. The van der Waals surface area contributed by atoms with E-state index in [4.69, 9.17) is 28.4 Å². The molecule has 1 N–H and O–H groups in total. The molecule has 0 aromatic rings. The van der Waals surface area contributed by atoms with E-state index in [1.807, 2.05) is 27.7 Å². The molecule has 4 atom stereocenters. The Morgan fingerprint density at radius 2 is 1.71 bits per heavy atom. The number of methoxy groups -OCH3 is 2. The third-order valence-electron chi connectivity index (χ3n) is 4.04. The predicted molar refractivity (Wildman–Crippen MR) is 84.1 cm³/mol. The number of nitrogens with one attached hydrogen (secondary N) is 1. The Morgan fingerprint density at radius 3 is 2.17 bits per heavy atom. The van der Waals surface area contributed by atoms with Crippen molar-refractivity contribution in [3.63, 3.8) is 0 Å². The Bertz CT molecular complexity index is 450. The Hall–Kier alpha value is -0.770. The highest BCUT2D eigenvalue weighted by molar-refractivity contribution is 5.73. The minimum Gasteiger partial charge on any atom is -0.354 e. The quantitative estimate of drug-likeness (QED) is 0.711. The number of hydrogen-bond donors (Lipinski definition) is 1. The molecular weight excluding hydrogens is 318 g/mol. The third-order valence-corrected chi connectivity index (χ3v) is 4.04. The molecule has 2 fully saturated rings. The minimum atomic E-state index is -0.825. The summed E-state index contributed by atoms with van der Waals surface area (Å²) >= 11 is 0. The van der Waals surface area contributed by atoms with Gasteiger partial charge in [0.2, 0.25) is 5.91 Å². The largest absolute Gasteiger partial charge is 0.354 e. The number of ether oxygens (including phenoxy) is 6. The Balaban J connectivity index is 2.25. The number of carbonyl (C=O) groups excluding carboxylic acids is 1. The molecule has 2 saturated heterocycles. The summed E-state index contributed by atoms with van der Waals surface area (Å²) in [5, 5.41) is 2.85. The van der Waals surface area contributed by atoms with Gasteiger partial charge >= 0.3 is 0 Å². The number of carbonyl (C=O) groups is 1. The van der Waals surface area contributed by atoms with Gasteiger partial charge in [0.1, 0.15) is 24.4 Å². The van der Waals surface area contributed by atoms with Gasteiger partial charge in [-0.25, -0.2) is 0 Å². The predicted octanol–water partition coefficient (Wildman–Crippen LogP) is 0.782. The van der Waals surface area contributed by atoms with Crippen LogP contribution >= 0.6 is 0 Å². The van der Waals surface area contributed by atoms with Crippen LogP contribution in [0.2, 0.25) is 0 Å². The van der Waals surface area contributed by atoms with Crippen LogP contribution in [0, 0.1) is 0 Å². The number of hydrogen-bond acceptors (Lipinski definition) is 7. The Morgan fingerprint density at radius 1 is 1.08 bits per heavy atom. The molecule has 2 aliphatic rings. The van der Waals surface area contributed by atoms with Crippen LogP contribution in [0.5, 0.6) is 0 Å². The molecule has 0 unspecified atom stereocenters. The number of rotatable bonds is 6. The molecule has 2 aliphatic heterocycles. The fourth-order valence-corrected chi connectivity index (χ4v) is 3.19. The molecular formula is C16H29NO7. The molecule has 0 aromatic heterocycles. The van der Waals surface area contributed by atoms with Crippen LogP contribution in [0.3, 0.4) is 0 Å². The monoisotopic (exact) mass is 347 g/mol. The molecule has 0 radical (unpaired) electrons. The van der Waals surface area contributed by atoms with E-state index >= 15 is 0 Å². The molecule has 0 aromatic carbocycles. The van der Waals surface area contributed by atoms with Crippen LogP contribution in [-0.2, 0) is 33.2 Å². The second kappa shape index (κ2) is 7.23. The van der Waals surface area contributed by atoms with Gasteiger partial charge in [-0.15, -0.1) is 0 Å². The first kappa shape index (κ1) is 19.6. The van der Waals surface area contributed by atoms with Crippen LogP contribution in [0.1, 0.15) is 34.6 Å². The van der Waals surface area contributed by atoms with Crippen molar-refractivity contribution < 1.29 is 33.2 Å².